The van der Waals surface area contributed by atoms with E-state index in [0.717, 1.165) is 25.9 Å². The molecule has 0 bridgehead atoms. The summed E-state index contributed by atoms with van der Waals surface area (Å²) in [5.41, 5.74) is 0.578. The minimum atomic E-state index is -0.208. The highest BCUT2D eigenvalue weighted by atomic mass is 19.1. The Morgan fingerprint density at radius 2 is 2.07 bits per heavy atom. The fourth-order valence-corrected chi connectivity index (χ4v) is 1.52. The van der Waals surface area contributed by atoms with Gasteiger partial charge in [-0.1, -0.05) is 12.1 Å². The first-order valence-electron chi connectivity index (χ1n) is 4.91. The van der Waals surface area contributed by atoms with E-state index >= 15 is 0 Å². The average molecular weight is 192 g/mol. The normalized spacial score (nSPS) is 16.8. The van der Waals surface area contributed by atoms with Crippen molar-refractivity contribution in [2.75, 3.05) is 13.1 Å². The second kappa shape index (κ2) is 4.22. The van der Waals surface area contributed by atoms with Crippen LogP contribution < -0.4 is 5.32 Å². The van der Waals surface area contributed by atoms with Crippen molar-refractivity contribution >= 4 is 5.84 Å². The molecule has 1 aliphatic heterocycles. The largest absolute Gasteiger partial charge is 0.370 e. The Morgan fingerprint density at radius 1 is 1.21 bits per heavy atom. The van der Waals surface area contributed by atoms with Crippen molar-refractivity contribution in [3.63, 3.8) is 0 Å². The second-order valence-corrected chi connectivity index (χ2v) is 3.34. The van der Waals surface area contributed by atoms with Gasteiger partial charge in [0.2, 0.25) is 0 Å². The molecule has 0 aromatic heterocycles. The molecule has 0 atom stereocenters. The third kappa shape index (κ3) is 1.92. The van der Waals surface area contributed by atoms with Crippen LogP contribution in [0.25, 0.3) is 0 Å². The van der Waals surface area contributed by atoms with Gasteiger partial charge in [-0.15, -0.1) is 0 Å². The molecule has 0 radical (unpaired) electrons. The summed E-state index contributed by atoms with van der Waals surface area (Å²) in [4.78, 5) is 4.32. The van der Waals surface area contributed by atoms with Gasteiger partial charge in [0, 0.05) is 13.1 Å². The molecule has 0 unspecified atom stereocenters. The molecule has 3 heteroatoms. The van der Waals surface area contributed by atoms with Gasteiger partial charge in [-0.2, -0.15) is 0 Å². The molecule has 1 aromatic carbocycles. The predicted octanol–water partition coefficient (Wildman–Crippen LogP) is 1.96. The van der Waals surface area contributed by atoms with E-state index < -0.39 is 0 Å². The Kier molecular flexibility index (Phi) is 2.77. The van der Waals surface area contributed by atoms with Gasteiger partial charge < -0.3 is 5.32 Å². The zero-order valence-corrected chi connectivity index (χ0v) is 7.96. The summed E-state index contributed by atoms with van der Waals surface area (Å²) in [5.74, 6) is 0.487. The number of nitrogens with one attached hydrogen (secondary N) is 1. The van der Waals surface area contributed by atoms with E-state index in [-0.39, 0.29) is 5.82 Å². The van der Waals surface area contributed by atoms with Crippen LogP contribution in [0.4, 0.5) is 4.39 Å². The monoisotopic (exact) mass is 192 g/mol. The third-order valence-corrected chi connectivity index (χ3v) is 2.28. The lowest BCUT2D eigenvalue weighted by molar-refractivity contribution is 0.624. The topological polar surface area (TPSA) is 24.4 Å². The summed E-state index contributed by atoms with van der Waals surface area (Å²) in [6, 6.07) is 6.74. The van der Waals surface area contributed by atoms with E-state index in [1.807, 2.05) is 6.07 Å². The lowest BCUT2D eigenvalue weighted by Gasteiger charge is -2.07. The first kappa shape index (κ1) is 9.19. The smallest absolute Gasteiger partial charge is 0.134 e. The van der Waals surface area contributed by atoms with Crippen LogP contribution in [-0.2, 0) is 0 Å². The average Bonchev–Trinajstić information content (AvgIpc) is 2.47. The first-order chi connectivity index (χ1) is 6.88. The second-order valence-electron chi connectivity index (χ2n) is 3.34. The molecular formula is C11H13FN2. The van der Waals surface area contributed by atoms with Gasteiger partial charge >= 0.3 is 0 Å². The maximum Gasteiger partial charge on any atom is 0.134 e. The molecule has 74 valence electrons. The van der Waals surface area contributed by atoms with Crippen LogP contribution in [0.2, 0.25) is 0 Å². The summed E-state index contributed by atoms with van der Waals surface area (Å²) in [7, 11) is 0. The van der Waals surface area contributed by atoms with Crippen LogP contribution >= 0.6 is 0 Å². The van der Waals surface area contributed by atoms with E-state index in [1.54, 1.807) is 12.1 Å². The van der Waals surface area contributed by atoms with Crippen LogP contribution in [-0.4, -0.2) is 18.9 Å². The summed E-state index contributed by atoms with van der Waals surface area (Å²) in [6.07, 6.45) is 2.17. The molecule has 0 aliphatic carbocycles. The molecule has 14 heavy (non-hydrogen) atoms. The molecule has 0 saturated heterocycles. The number of nitrogens with zero attached hydrogens (tertiary/aromatic N) is 1. The number of amidine groups is 1. The molecule has 0 spiro atoms. The standard InChI is InChI=1S/C11H13FN2/c12-10-6-2-1-5-9(10)11-13-7-3-4-8-14-11/h1-2,5-6H,3-4,7-8H2,(H,13,14). The van der Waals surface area contributed by atoms with Crippen molar-refractivity contribution in [2.45, 2.75) is 12.8 Å². The van der Waals surface area contributed by atoms with E-state index in [0.29, 0.717) is 11.4 Å². The highest BCUT2D eigenvalue weighted by Gasteiger charge is 2.09. The highest BCUT2D eigenvalue weighted by Crippen LogP contribution is 2.08. The van der Waals surface area contributed by atoms with Gasteiger partial charge in [0.05, 0.1) is 5.56 Å². The number of halogens is 1. The minimum Gasteiger partial charge on any atom is -0.370 e. The molecule has 2 nitrogen and oxygen atoms in total. The van der Waals surface area contributed by atoms with E-state index in [4.69, 9.17) is 0 Å². The van der Waals surface area contributed by atoms with Crippen molar-refractivity contribution in [1.82, 2.24) is 5.32 Å². The van der Waals surface area contributed by atoms with Gasteiger partial charge in [0.1, 0.15) is 11.7 Å². The van der Waals surface area contributed by atoms with Crippen LogP contribution in [0.5, 0.6) is 0 Å². The van der Waals surface area contributed by atoms with Gasteiger partial charge in [0.25, 0.3) is 0 Å². The quantitative estimate of drug-likeness (QED) is 0.722. The van der Waals surface area contributed by atoms with Gasteiger partial charge in [-0.3, -0.25) is 4.99 Å². The maximum absolute atomic E-state index is 13.4. The van der Waals surface area contributed by atoms with E-state index in [9.17, 15) is 4.39 Å². The van der Waals surface area contributed by atoms with E-state index in [2.05, 4.69) is 10.3 Å². The van der Waals surface area contributed by atoms with Crippen molar-refractivity contribution in [3.05, 3.63) is 35.6 Å². The lowest BCUT2D eigenvalue weighted by Crippen LogP contribution is -2.25. The zero-order valence-electron chi connectivity index (χ0n) is 7.96. The molecule has 0 amide bonds. The molecule has 0 saturated carbocycles. The van der Waals surface area contributed by atoms with Crippen molar-refractivity contribution < 1.29 is 4.39 Å². The Morgan fingerprint density at radius 3 is 2.93 bits per heavy atom. The molecular weight excluding hydrogens is 179 g/mol. The highest BCUT2D eigenvalue weighted by molar-refractivity contribution is 5.99. The Bertz CT molecular complexity index is 347. The molecule has 1 heterocycles. The van der Waals surface area contributed by atoms with Gasteiger partial charge in [-0.25, -0.2) is 4.39 Å². The van der Waals surface area contributed by atoms with Crippen LogP contribution in [0.1, 0.15) is 18.4 Å². The molecule has 1 aliphatic rings. The number of hydrogen-bond donors (Lipinski definition) is 1. The van der Waals surface area contributed by atoms with Crippen LogP contribution in [0.15, 0.2) is 29.3 Å². The van der Waals surface area contributed by atoms with Crippen LogP contribution in [0.3, 0.4) is 0 Å². The minimum absolute atomic E-state index is 0.208. The number of hydrogen-bond acceptors (Lipinski definition) is 2. The summed E-state index contributed by atoms with van der Waals surface area (Å²) in [6.45, 7) is 1.67. The summed E-state index contributed by atoms with van der Waals surface area (Å²) >= 11 is 0. The van der Waals surface area contributed by atoms with E-state index in [1.165, 1.54) is 6.07 Å². The van der Waals surface area contributed by atoms with Crippen molar-refractivity contribution in [3.8, 4) is 0 Å². The molecule has 2 rings (SSSR count). The Labute approximate surface area is 82.9 Å². The fraction of sp³-hybridized carbons (Fsp3) is 0.364. The molecule has 1 N–H and O–H groups in total. The van der Waals surface area contributed by atoms with Gasteiger partial charge in [0.15, 0.2) is 0 Å². The van der Waals surface area contributed by atoms with Crippen LogP contribution in [0, 0.1) is 5.82 Å². The number of aliphatic imine (C=N–C) groups is 1. The first-order valence-corrected chi connectivity index (χ1v) is 4.91. The Hall–Kier alpha value is -1.38. The third-order valence-electron chi connectivity index (χ3n) is 2.28. The predicted molar refractivity (Wildman–Crippen MR) is 55.0 cm³/mol. The molecule has 1 aromatic rings. The summed E-state index contributed by atoms with van der Waals surface area (Å²) < 4.78 is 13.4. The maximum atomic E-state index is 13.4. The molecule has 0 fully saturated rings. The SMILES string of the molecule is Fc1ccccc1C1=NCCCCN1. The Balaban J connectivity index is 2.29. The number of rotatable bonds is 1. The zero-order chi connectivity index (χ0) is 9.80. The summed E-state index contributed by atoms with van der Waals surface area (Å²) in [5, 5.41) is 3.15. The number of benzene rings is 1. The van der Waals surface area contributed by atoms with Gasteiger partial charge in [-0.05, 0) is 25.0 Å². The lowest BCUT2D eigenvalue weighted by atomic mass is 10.2. The fourth-order valence-electron chi connectivity index (χ4n) is 1.52. The van der Waals surface area contributed by atoms with Crippen molar-refractivity contribution in [2.24, 2.45) is 4.99 Å². The van der Waals surface area contributed by atoms with Crippen molar-refractivity contribution in [1.29, 1.82) is 0 Å².